The van der Waals surface area contributed by atoms with Crippen LogP contribution in [0.5, 0.6) is 0 Å². The molecule has 3 rings (SSSR count). The van der Waals surface area contributed by atoms with Crippen molar-refractivity contribution in [1.82, 2.24) is 14.7 Å². The standard InChI is InChI=1S/C21H23ClFN3O3/c1-14-5-3-4-12-25(14)19(27)13-29-20(28)11-10-18-15(2)24-26(21(18)22)17-8-6-16(23)7-9-17/h6-11,14H,3-5,12-13H2,1-2H3/b11-10+. The van der Waals surface area contributed by atoms with Crippen LogP contribution in [0.2, 0.25) is 5.15 Å². The first kappa shape index (κ1) is 21.0. The summed E-state index contributed by atoms with van der Waals surface area (Å²) in [5.41, 5.74) is 1.74. The fourth-order valence-corrected chi connectivity index (χ4v) is 3.67. The van der Waals surface area contributed by atoms with E-state index in [0.29, 0.717) is 23.5 Å². The number of halogens is 2. The molecule has 1 unspecified atom stereocenters. The van der Waals surface area contributed by atoms with Crippen LogP contribution in [0.15, 0.2) is 30.3 Å². The highest BCUT2D eigenvalue weighted by molar-refractivity contribution is 6.31. The molecular weight excluding hydrogens is 397 g/mol. The van der Waals surface area contributed by atoms with E-state index >= 15 is 0 Å². The average Bonchev–Trinajstić information content (AvgIpc) is 2.99. The summed E-state index contributed by atoms with van der Waals surface area (Å²) < 4.78 is 19.7. The van der Waals surface area contributed by atoms with Crippen molar-refractivity contribution in [2.45, 2.75) is 39.2 Å². The molecule has 1 aromatic heterocycles. The van der Waals surface area contributed by atoms with Crippen LogP contribution in [0.3, 0.4) is 0 Å². The molecule has 8 heteroatoms. The quantitative estimate of drug-likeness (QED) is 0.544. The Bertz CT molecular complexity index is 924. The van der Waals surface area contributed by atoms with Crippen molar-refractivity contribution in [3.8, 4) is 5.69 Å². The second-order valence-corrected chi connectivity index (χ2v) is 7.41. The Balaban J connectivity index is 1.63. The highest BCUT2D eigenvalue weighted by Gasteiger charge is 2.23. The van der Waals surface area contributed by atoms with Gasteiger partial charge in [0, 0.05) is 24.2 Å². The molecule has 154 valence electrons. The smallest absolute Gasteiger partial charge is 0.331 e. The first-order chi connectivity index (χ1) is 13.9. The van der Waals surface area contributed by atoms with Crippen LogP contribution >= 0.6 is 11.6 Å². The molecule has 1 saturated heterocycles. The van der Waals surface area contributed by atoms with Crippen LogP contribution in [0.4, 0.5) is 4.39 Å². The predicted octanol–water partition coefficient (Wildman–Crippen LogP) is 3.93. The number of nitrogens with zero attached hydrogens (tertiary/aromatic N) is 3. The minimum atomic E-state index is -0.631. The van der Waals surface area contributed by atoms with E-state index in [4.69, 9.17) is 16.3 Å². The van der Waals surface area contributed by atoms with Gasteiger partial charge in [0.05, 0.1) is 11.4 Å². The number of benzene rings is 1. The van der Waals surface area contributed by atoms with E-state index in [1.54, 1.807) is 24.0 Å². The van der Waals surface area contributed by atoms with Gasteiger partial charge in [-0.3, -0.25) is 4.79 Å². The second kappa shape index (κ2) is 9.22. The average molecular weight is 420 g/mol. The van der Waals surface area contributed by atoms with E-state index in [0.717, 1.165) is 19.3 Å². The molecule has 1 amide bonds. The highest BCUT2D eigenvalue weighted by atomic mass is 35.5. The molecule has 29 heavy (non-hydrogen) atoms. The van der Waals surface area contributed by atoms with Crippen molar-refractivity contribution in [1.29, 1.82) is 0 Å². The van der Waals surface area contributed by atoms with Crippen molar-refractivity contribution in [3.05, 3.63) is 52.6 Å². The minimum absolute atomic E-state index is 0.171. The second-order valence-electron chi connectivity index (χ2n) is 7.05. The summed E-state index contributed by atoms with van der Waals surface area (Å²) >= 11 is 6.38. The minimum Gasteiger partial charge on any atom is -0.452 e. The molecule has 0 N–H and O–H groups in total. The Morgan fingerprint density at radius 3 is 2.72 bits per heavy atom. The fourth-order valence-electron chi connectivity index (χ4n) is 3.34. The van der Waals surface area contributed by atoms with Crippen molar-refractivity contribution in [3.63, 3.8) is 0 Å². The lowest BCUT2D eigenvalue weighted by atomic mass is 10.0. The van der Waals surface area contributed by atoms with Gasteiger partial charge in [-0.15, -0.1) is 0 Å². The lowest BCUT2D eigenvalue weighted by Crippen LogP contribution is -2.44. The third-order valence-electron chi connectivity index (χ3n) is 4.97. The highest BCUT2D eigenvalue weighted by Crippen LogP contribution is 2.25. The summed E-state index contributed by atoms with van der Waals surface area (Å²) in [5.74, 6) is -1.17. The SMILES string of the molecule is Cc1nn(-c2ccc(F)cc2)c(Cl)c1/C=C/C(=O)OCC(=O)N1CCCCC1C. The van der Waals surface area contributed by atoms with Gasteiger partial charge >= 0.3 is 5.97 Å². The first-order valence-electron chi connectivity index (χ1n) is 9.52. The van der Waals surface area contributed by atoms with Crippen LogP contribution < -0.4 is 0 Å². The number of hydrogen-bond acceptors (Lipinski definition) is 4. The van der Waals surface area contributed by atoms with E-state index in [2.05, 4.69) is 5.10 Å². The number of carbonyl (C=O) groups excluding carboxylic acids is 2. The summed E-state index contributed by atoms with van der Waals surface area (Å²) in [7, 11) is 0. The maximum Gasteiger partial charge on any atom is 0.331 e. The van der Waals surface area contributed by atoms with E-state index < -0.39 is 5.97 Å². The molecule has 1 fully saturated rings. The molecule has 2 aromatic rings. The Morgan fingerprint density at radius 2 is 2.03 bits per heavy atom. The van der Waals surface area contributed by atoms with E-state index in [9.17, 15) is 14.0 Å². The monoisotopic (exact) mass is 419 g/mol. The van der Waals surface area contributed by atoms with Crippen molar-refractivity contribution >= 4 is 29.6 Å². The number of esters is 1. The molecule has 0 aliphatic carbocycles. The Labute approximate surface area is 173 Å². The van der Waals surface area contributed by atoms with Gasteiger partial charge in [0.15, 0.2) is 6.61 Å². The molecule has 1 atom stereocenters. The third kappa shape index (κ3) is 5.03. The molecule has 1 aromatic carbocycles. The zero-order valence-corrected chi connectivity index (χ0v) is 17.2. The number of aryl methyl sites for hydroxylation is 1. The lowest BCUT2D eigenvalue weighted by molar-refractivity contribution is -0.149. The van der Waals surface area contributed by atoms with Gasteiger partial charge in [0.2, 0.25) is 0 Å². The van der Waals surface area contributed by atoms with Crippen LogP contribution in [-0.2, 0) is 14.3 Å². The van der Waals surface area contributed by atoms with Crippen LogP contribution in [0, 0.1) is 12.7 Å². The van der Waals surface area contributed by atoms with Gasteiger partial charge in [-0.2, -0.15) is 5.10 Å². The number of amides is 1. The fraction of sp³-hybridized carbons (Fsp3) is 0.381. The summed E-state index contributed by atoms with van der Waals surface area (Å²) in [6, 6.07) is 5.92. The van der Waals surface area contributed by atoms with Crippen molar-refractivity contribution in [2.75, 3.05) is 13.2 Å². The van der Waals surface area contributed by atoms with Crippen molar-refractivity contribution in [2.24, 2.45) is 0 Å². The molecule has 6 nitrogen and oxygen atoms in total. The zero-order chi connectivity index (χ0) is 21.0. The van der Waals surface area contributed by atoms with Gasteiger partial charge in [-0.05, 0) is 63.5 Å². The number of piperidine rings is 1. The maximum absolute atomic E-state index is 13.1. The lowest BCUT2D eigenvalue weighted by Gasteiger charge is -2.33. The molecule has 0 radical (unpaired) electrons. The van der Waals surface area contributed by atoms with Gasteiger partial charge < -0.3 is 9.64 Å². The number of likely N-dealkylation sites (tertiary alicyclic amines) is 1. The molecule has 0 bridgehead atoms. The first-order valence-corrected chi connectivity index (χ1v) is 9.90. The van der Waals surface area contributed by atoms with Crippen LogP contribution in [-0.4, -0.2) is 45.8 Å². The molecule has 1 aliphatic rings. The Hall–Kier alpha value is -2.67. The van der Waals surface area contributed by atoms with Gasteiger partial charge in [-0.25, -0.2) is 13.9 Å². The van der Waals surface area contributed by atoms with Crippen LogP contribution in [0.25, 0.3) is 11.8 Å². The van der Waals surface area contributed by atoms with Gasteiger partial charge in [-0.1, -0.05) is 11.6 Å². The summed E-state index contributed by atoms with van der Waals surface area (Å²) in [4.78, 5) is 26.0. The van der Waals surface area contributed by atoms with Gasteiger partial charge in [0.1, 0.15) is 11.0 Å². The third-order valence-corrected chi connectivity index (χ3v) is 5.33. The zero-order valence-electron chi connectivity index (χ0n) is 16.4. The number of aromatic nitrogens is 2. The topological polar surface area (TPSA) is 64.4 Å². The number of ether oxygens (including phenoxy) is 1. The van der Waals surface area contributed by atoms with Gasteiger partial charge in [0.25, 0.3) is 5.91 Å². The number of carbonyl (C=O) groups is 2. The molecular formula is C21H23ClFN3O3. The van der Waals surface area contributed by atoms with E-state index in [-0.39, 0.29) is 29.5 Å². The van der Waals surface area contributed by atoms with E-state index in [1.165, 1.54) is 29.0 Å². The largest absolute Gasteiger partial charge is 0.452 e. The van der Waals surface area contributed by atoms with Crippen molar-refractivity contribution < 1.29 is 18.7 Å². The Morgan fingerprint density at radius 1 is 1.31 bits per heavy atom. The normalized spacial score (nSPS) is 17.0. The molecule has 1 aliphatic heterocycles. The maximum atomic E-state index is 13.1. The van der Waals surface area contributed by atoms with E-state index in [1.807, 2.05) is 6.92 Å². The van der Waals surface area contributed by atoms with Crippen LogP contribution in [0.1, 0.15) is 37.4 Å². The summed E-state index contributed by atoms with van der Waals surface area (Å²) in [5, 5.41) is 4.62. The summed E-state index contributed by atoms with van der Waals surface area (Å²) in [6.45, 7) is 4.17. The molecule has 2 heterocycles. The number of rotatable bonds is 5. The molecule has 0 saturated carbocycles. The number of hydrogen-bond donors (Lipinski definition) is 0. The molecule has 0 spiro atoms. The summed E-state index contributed by atoms with van der Waals surface area (Å²) in [6.07, 6.45) is 5.77. The predicted molar refractivity (Wildman–Crippen MR) is 108 cm³/mol. The Kier molecular flexibility index (Phi) is 6.69.